The van der Waals surface area contributed by atoms with E-state index in [1.807, 2.05) is 6.20 Å². The molecule has 0 aliphatic rings. The normalized spacial score (nSPS) is 11.5. The van der Waals surface area contributed by atoms with Crippen molar-refractivity contribution in [2.24, 2.45) is 0 Å². The van der Waals surface area contributed by atoms with Crippen LogP contribution in [0.2, 0.25) is 0 Å². The van der Waals surface area contributed by atoms with Gasteiger partial charge in [-0.05, 0) is 28.9 Å². The average Bonchev–Trinajstić information content (AvgIpc) is 3.08. The van der Waals surface area contributed by atoms with Crippen molar-refractivity contribution in [3.63, 3.8) is 0 Å². The topological polar surface area (TPSA) is 40.7 Å². The molecule has 0 unspecified atom stereocenters. The fourth-order valence-corrected chi connectivity index (χ4v) is 5.00. The van der Waals surface area contributed by atoms with Crippen molar-refractivity contribution in [2.45, 2.75) is 19.9 Å². The van der Waals surface area contributed by atoms with Crippen LogP contribution in [0.1, 0.15) is 19.2 Å². The number of aromatic amines is 1. The van der Waals surface area contributed by atoms with Crippen molar-refractivity contribution in [1.82, 2.24) is 15.3 Å². The predicted molar refractivity (Wildman–Crippen MR) is 87.0 cm³/mol. The smallest absolute Gasteiger partial charge is 0.120 e. The van der Waals surface area contributed by atoms with Crippen LogP contribution in [0.15, 0.2) is 21.4 Å². The summed E-state index contributed by atoms with van der Waals surface area (Å²) in [4.78, 5) is 7.84. The lowest BCUT2D eigenvalue weighted by molar-refractivity contribution is 0.655. The summed E-state index contributed by atoms with van der Waals surface area (Å²) in [6, 6.07) is 0. The number of nitrogens with one attached hydrogen (secondary N) is 2. The maximum Gasteiger partial charge on any atom is 0.120 e. The zero-order valence-corrected chi connectivity index (χ0v) is 13.7. The fourth-order valence-electron chi connectivity index (χ4n) is 1.95. The number of halogens is 1. The first-order valence-corrected chi connectivity index (χ1v) is 8.74. The van der Waals surface area contributed by atoms with Crippen molar-refractivity contribution >= 4 is 48.0 Å². The Balaban J connectivity index is 1.85. The third-order valence-corrected chi connectivity index (χ3v) is 6.23. The van der Waals surface area contributed by atoms with E-state index < -0.39 is 0 Å². The second kappa shape index (κ2) is 5.75. The molecule has 19 heavy (non-hydrogen) atoms. The van der Waals surface area contributed by atoms with E-state index in [-0.39, 0.29) is 0 Å². The zero-order chi connectivity index (χ0) is 13.2. The quantitative estimate of drug-likeness (QED) is 0.655. The lowest BCUT2D eigenvalue weighted by Gasteiger charge is -1.98. The Labute approximate surface area is 128 Å². The Morgan fingerprint density at radius 2 is 2.16 bits per heavy atom. The monoisotopic (exact) mass is 355 g/mol. The van der Waals surface area contributed by atoms with E-state index in [0.717, 1.165) is 31.0 Å². The molecule has 3 aromatic heterocycles. The van der Waals surface area contributed by atoms with E-state index in [1.165, 1.54) is 19.4 Å². The highest BCUT2D eigenvalue weighted by molar-refractivity contribution is 9.10. The maximum atomic E-state index is 4.44. The number of aromatic nitrogens is 2. The molecule has 3 rings (SSSR count). The van der Waals surface area contributed by atoms with Crippen LogP contribution >= 0.6 is 38.6 Å². The average molecular weight is 356 g/mol. The number of hydrogen-bond donors (Lipinski definition) is 2. The highest BCUT2D eigenvalue weighted by atomic mass is 79.9. The molecule has 3 nitrogen and oxygen atoms in total. The largest absolute Gasteiger partial charge is 0.341 e. The Bertz CT molecular complexity index is 683. The molecule has 0 aliphatic carbocycles. The Kier molecular flexibility index (Phi) is 4.02. The summed E-state index contributed by atoms with van der Waals surface area (Å²) in [7, 11) is 0. The van der Waals surface area contributed by atoms with Gasteiger partial charge in [0.25, 0.3) is 0 Å². The third kappa shape index (κ3) is 2.63. The van der Waals surface area contributed by atoms with Gasteiger partial charge >= 0.3 is 0 Å². The molecule has 2 N–H and O–H groups in total. The highest BCUT2D eigenvalue weighted by Crippen LogP contribution is 2.41. The molecular formula is C13H14BrN3S2. The summed E-state index contributed by atoms with van der Waals surface area (Å²) in [6.45, 7) is 3.99. The van der Waals surface area contributed by atoms with Crippen molar-refractivity contribution in [3.05, 3.63) is 27.3 Å². The molecule has 6 heteroatoms. The van der Waals surface area contributed by atoms with Crippen LogP contribution in [-0.2, 0) is 6.54 Å². The minimum atomic E-state index is 0.801. The first-order valence-electron chi connectivity index (χ1n) is 6.18. The zero-order valence-electron chi connectivity index (χ0n) is 10.5. The molecule has 0 fully saturated rings. The number of thiophene rings is 2. The van der Waals surface area contributed by atoms with Crippen LogP contribution in [0.25, 0.3) is 20.7 Å². The summed E-state index contributed by atoms with van der Waals surface area (Å²) in [5.41, 5.74) is 2.36. The van der Waals surface area contributed by atoms with Crippen LogP contribution in [0, 0.1) is 0 Å². The van der Waals surface area contributed by atoms with Crippen molar-refractivity contribution in [1.29, 1.82) is 0 Å². The summed E-state index contributed by atoms with van der Waals surface area (Å²) >= 11 is 7.13. The lowest BCUT2D eigenvalue weighted by atomic mass is 10.2. The molecule has 0 aliphatic heterocycles. The van der Waals surface area contributed by atoms with Crippen LogP contribution in [-0.4, -0.2) is 16.5 Å². The molecule has 0 atom stereocenters. The molecule has 0 bridgehead atoms. The minimum Gasteiger partial charge on any atom is -0.341 e. The minimum absolute atomic E-state index is 0.801. The number of hydrogen-bond acceptors (Lipinski definition) is 4. The van der Waals surface area contributed by atoms with E-state index >= 15 is 0 Å². The maximum absolute atomic E-state index is 4.44. The van der Waals surface area contributed by atoms with Gasteiger partial charge in [-0.1, -0.05) is 6.92 Å². The SMILES string of the molecule is CCCNCc1ncc(-c2csc3c(Br)csc23)[nH]1. The number of fused-ring (bicyclic) bond motifs is 1. The van der Waals surface area contributed by atoms with Gasteiger partial charge in [0.15, 0.2) is 0 Å². The van der Waals surface area contributed by atoms with Crippen LogP contribution < -0.4 is 5.32 Å². The van der Waals surface area contributed by atoms with Gasteiger partial charge in [-0.25, -0.2) is 4.98 Å². The first kappa shape index (κ1) is 13.3. The molecule has 0 saturated carbocycles. The van der Waals surface area contributed by atoms with E-state index in [2.05, 4.69) is 48.9 Å². The molecule has 0 spiro atoms. The van der Waals surface area contributed by atoms with Gasteiger partial charge in [-0.3, -0.25) is 0 Å². The first-order chi connectivity index (χ1) is 9.29. The molecule has 0 saturated heterocycles. The van der Waals surface area contributed by atoms with Gasteiger partial charge in [0.05, 0.1) is 27.8 Å². The highest BCUT2D eigenvalue weighted by Gasteiger charge is 2.12. The summed E-state index contributed by atoms with van der Waals surface area (Å²) in [6.07, 6.45) is 3.07. The van der Waals surface area contributed by atoms with Gasteiger partial charge < -0.3 is 10.3 Å². The van der Waals surface area contributed by atoms with Gasteiger partial charge in [0.2, 0.25) is 0 Å². The molecular weight excluding hydrogens is 342 g/mol. The second-order valence-corrected chi connectivity index (χ2v) is 6.93. The number of H-pyrrole nitrogens is 1. The summed E-state index contributed by atoms with van der Waals surface area (Å²) in [5, 5.41) is 7.70. The van der Waals surface area contributed by atoms with E-state index in [1.54, 1.807) is 22.7 Å². The molecule has 3 heterocycles. The molecule has 0 radical (unpaired) electrons. The number of rotatable bonds is 5. The van der Waals surface area contributed by atoms with Crippen LogP contribution in [0.5, 0.6) is 0 Å². The lowest BCUT2D eigenvalue weighted by Crippen LogP contribution is -2.14. The third-order valence-electron chi connectivity index (χ3n) is 2.88. The number of imidazole rings is 1. The Morgan fingerprint density at radius 1 is 1.32 bits per heavy atom. The standard InChI is InChI=1S/C13H14BrN3S2/c1-2-3-15-5-11-16-4-10(17-11)8-6-18-13-9(14)7-19-12(8)13/h4,6-7,15H,2-3,5H2,1H3,(H,16,17). The number of nitrogens with zero attached hydrogens (tertiary/aromatic N) is 1. The van der Waals surface area contributed by atoms with Gasteiger partial charge in [-0.2, -0.15) is 0 Å². The van der Waals surface area contributed by atoms with E-state index in [0.29, 0.717) is 0 Å². The Morgan fingerprint density at radius 3 is 3.00 bits per heavy atom. The van der Waals surface area contributed by atoms with Crippen LogP contribution in [0.4, 0.5) is 0 Å². The van der Waals surface area contributed by atoms with Crippen LogP contribution in [0.3, 0.4) is 0 Å². The van der Waals surface area contributed by atoms with Gasteiger partial charge in [0, 0.05) is 20.8 Å². The molecule has 3 aromatic rings. The summed E-state index contributed by atoms with van der Waals surface area (Å²) in [5.74, 6) is 0.999. The van der Waals surface area contributed by atoms with Crippen molar-refractivity contribution in [3.8, 4) is 11.3 Å². The predicted octanol–water partition coefficient (Wildman–Crippen LogP) is 4.62. The van der Waals surface area contributed by atoms with Gasteiger partial charge in [-0.15, -0.1) is 22.7 Å². The molecule has 0 aromatic carbocycles. The van der Waals surface area contributed by atoms with E-state index in [9.17, 15) is 0 Å². The van der Waals surface area contributed by atoms with Crippen molar-refractivity contribution < 1.29 is 0 Å². The fraction of sp³-hybridized carbons (Fsp3) is 0.308. The van der Waals surface area contributed by atoms with Crippen molar-refractivity contribution in [2.75, 3.05) is 6.54 Å². The Hall–Kier alpha value is -0.690. The van der Waals surface area contributed by atoms with Gasteiger partial charge in [0.1, 0.15) is 5.82 Å². The molecule has 100 valence electrons. The summed E-state index contributed by atoms with van der Waals surface area (Å²) < 4.78 is 3.84. The second-order valence-electron chi connectivity index (χ2n) is 4.31. The molecule has 0 amide bonds. The van der Waals surface area contributed by atoms with E-state index in [4.69, 9.17) is 0 Å².